The normalized spacial score (nSPS) is 11.2. The molecule has 7 nitrogen and oxygen atoms in total. The van der Waals surface area contributed by atoms with Gasteiger partial charge in [-0.1, -0.05) is 42.1 Å². The lowest BCUT2D eigenvalue weighted by molar-refractivity contribution is -0.384. The topological polar surface area (TPSA) is 107 Å². The second kappa shape index (κ2) is 9.35. The van der Waals surface area contributed by atoms with Crippen molar-refractivity contribution in [2.24, 2.45) is 0 Å². The highest BCUT2D eigenvalue weighted by Gasteiger charge is 2.27. The minimum absolute atomic E-state index is 0.00317. The molecule has 0 saturated heterocycles. The van der Waals surface area contributed by atoms with Gasteiger partial charge in [0, 0.05) is 39.9 Å². The van der Waals surface area contributed by atoms with Crippen molar-refractivity contribution in [2.45, 2.75) is 14.7 Å². The average Bonchev–Trinajstić information content (AvgIpc) is 2.85. The number of hydrogen-bond donors (Lipinski definition) is 0. The van der Waals surface area contributed by atoms with Crippen LogP contribution in [0.25, 0.3) is 11.1 Å². The number of rotatable bonds is 6. The smallest absolute Gasteiger partial charge is 0.276 e. The van der Waals surface area contributed by atoms with Gasteiger partial charge in [-0.05, 0) is 53.6 Å². The summed E-state index contributed by atoms with van der Waals surface area (Å²) in [6.07, 6.45) is 3.42. The van der Waals surface area contributed by atoms with Gasteiger partial charge in [0.15, 0.2) is 0 Å². The highest BCUT2D eigenvalue weighted by molar-refractivity contribution is 8.06. The van der Waals surface area contributed by atoms with Crippen molar-refractivity contribution in [3.63, 3.8) is 0 Å². The fourth-order valence-electron chi connectivity index (χ4n) is 3.11. The maximum atomic E-state index is 12.7. The molecule has 164 valence electrons. The molecule has 4 aromatic rings. The predicted molar refractivity (Wildman–Crippen MR) is 125 cm³/mol. The number of pyridine rings is 1. The third kappa shape index (κ3) is 4.84. The van der Waals surface area contributed by atoms with E-state index in [2.05, 4.69) is 4.98 Å². The van der Waals surface area contributed by atoms with Crippen LogP contribution in [0.1, 0.15) is 10.4 Å². The zero-order valence-corrected chi connectivity index (χ0v) is 18.6. The number of nitro groups is 1. The van der Waals surface area contributed by atoms with Gasteiger partial charge in [0.05, 0.1) is 9.82 Å². The molecule has 0 unspecified atom stereocenters. The van der Waals surface area contributed by atoms with Gasteiger partial charge >= 0.3 is 0 Å². The fraction of sp³-hybridized carbons (Fsp3) is 0. The number of sulfone groups is 1. The fourth-order valence-corrected chi connectivity index (χ4v) is 5.22. The van der Waals surface area contributed by atoms with Crippen LogP contribution in [0.2, 0.25) is 0 Å². The third-order valence-corrected chi connectivity index (χ3v) is 7.46. The van der Waals surface area contributed by atoms with E-state index in [0.717, 1.165) is 45.2 Å². The summed E-state index contributed by atoms with van der Waals surface area (Å²) in [5, 5.41) is 9.70. The number of nitro benzene ring substituents is 1. The van der Waals surface area contributed by atoms with E-state index >= 15 is 0 Å². The van der Waals surface area contributed by atoms with Crippen molar-refractivity contribution in [3.05, 3.63) is 113 Å². The average molecular weight is 477 g/mol. The van der Waals surface area contributed by atoms with Crippen molar-refractivity contribution >= 4 is 32.4 Å². The summed E-state index contributed by atoms with van der Waals surface area (Å²) in [6, 6.07) is 22.2. The van der Waals surface area contributed by atoms with Gasteiger partial charge in [0.1, 0.15) is 0 Å². The number of benzene rings is 3. The highest BCUT2D eigenvalue weighted by Crippen LogP contribution is 2.35. The number of nitrogens with zero attached hydrogens (tertiary/aromatic N) is 2. The van der Waals surface area contributed by atoms with Gasteiger partial charge in [0.2, 0.25) is 9.84 Å². The zero-order chi connectivity index (χ0) is 23.4. The van der Waals surface area contributed by atoms with E-state index < -0.39 is 19.9 Å². The van der Waals surface area contributed by atoms with Crippen LogP contribution < -0.4 is 0 Å². The second-order valence-electron chi connectivity index (χ2n) is 6.91. The summed E-state index contributed by atoms with van der Waals surface area (Å²) < 4.78 is 25.4. The lowest BCUT2D eigenvalue weighted by atomic mass is 10.1. The Morgan fingerprint density at radius 3 is 2.18 bits per heavy atom. The van der Waals surface area contributed by atoms with E-state index in [0.29, 0.717) is 0 Å². The second-order valence-corrected chi connectivity index (χ2v) is 9.87. The lowest BCUT2D eigenvalue weighted by Crippen LogP contribution is -2.15. The molecule has 0 radical (unpaired) electrons. The first-order valence-electron chi connectivity index (χ1n) is 9.67. The first-order valence-corrected chi connectivity index (χ1v) is 12.0. The van der Waals surface area contributed by atoms with E-state index in [1.807, 2.05) is 36.4 Å². The van der Waals surface area contributed by atoms with Crippen molar-refractivity contribution < 1.29 is 18.1 Å². The quantitative estimate of drug-likeness (QED) is 0.270. The van der Waals surface area contributed by atoms with Crippen LogP contribution in [0.5, 0.6) is 0 Å². The Morgan fingerprint density at radius 1 is 0.879 bits per heavy atom. The molecule has 0 aliphatic rings. The molecule has 0 atom stereocenters. The molecule has 0 N–H and O–H groups in total. The van der Waals surface area contributed by atoms with E-state index in [4.69, 9.17) is 0 Å². The summed E-state index contributed by atoms with van der Waals surface area (Å²) in [6.45, 7) is 0. The Bertz CT molecular complexity index is 1420. The molecule has 0 bridgehead atoms. The Kier molecular flexibility index (Phi) is 6.34. The predicted octanol–water partition coefficient (Wildman–Crippen LogP) is 5.42. The molecule has 9 heteroatoms. The van der Waals surface area contributed by atoms with Gasteiger partial charge < -0.3 is 0 Å². The maximum Gasteiger partial charge on any atom is 0.281 e. The Balaban J connectivity index is 1.60. The molecule has 1 aromatic heterocycles. The monoisotopic (exact) mass is 476 g/mol. The lowest BCUT2D eigenvalue weighted by Gasteiger charge is -2.10. The van der Waals surface area contributed by atoms with Crippen molar-refractivity contribution in [1.29, 1.82) is 0 Å². The molecule has 3 aromatic carbocycles. The van der Waals surface area contributed by atoms with Gasteiger partial charge in [-0.15, -0.1) is 0 Å². The van der Waals surface area contributed by atoms with Crippen molar-refractivity contribution in [2.75, 3.05) is 0 Å². The molecule has 1 heterocycles. The minimum atomic E-state index is -4.34. The van der Waals surface area contributed by atoms with Gasteiger partial charge in [-0.25, -0.2) is 8.42 Å². The van der Waals surface area contributed by atoms with Crippen LogP contribution in [0.3, 0.4) is 0 Å². The molecule has 0 spiro atoms. The van der Waals surface area contributed by atoms with E-state index in [1.54, 1.807) is 36.3 Å². The van der Waals surface area contributed by atoms with Crippen molar-refractivity contribution in [3.8, 4) is 11.1 Å². The summed E-state index contributed by atoms with van der Waals surface area (Å²) in [4.78, 5) is 28.7. The third-order valence-electron chi connectivity index (χ3n) is 4.79. The Hall–Kier alpha value is -3.82. The molecule has 0 aliphatic heterocycles. The SMILES string of the molecule is O=C(c1ccc(-c2ccncc2Sc2ccccc2)cc1)S(=O)(=O)c1ccc([N+](=O)[O-])cc1. The van der Waals surface area contributed by atoms with Crippen LogP contribution in [0.15, 0.2) is 112 Å². The molecule has 0 saturated carbocycles. The van der Waals surface area contributed by atoms with Crippen molar-refractivity contribution in [1.82, 2.24) is 4.98 Å². The Morgan fingerprint density at radius 2 is 1.55 bits per heavy atom. The molecule has 0 aliphatic carbocycles. The van der Waals surface area contributed by atoms with Crippen LogP contribution in [-0.4, -0.2) is 23.4 Å². The van der Waals surface area contributed by atoms with E-state index in [9.17, 15) is 23.3 Å². The summed E-state index contributed by atoms with van der Waals surface area (Å²) >= 11 is 1.55. The Labute approximate surface area is 194 Å². The number of aromatic nitrogens is 1. The number of carbonyl (C=O) groups excluding carboxylic acids is 1. The summed E-state index contributed by atoms with van der Waals surface area (Å²) in [5.41, 5.74) is 1.45. The number of non-ortho nitro benzene ring substituents is 1. The van der Waals surface area contributed by atoms with Gasteiger partial charge in [0.25, 0.3) is 10.8 Å². The first kappa shape index (κ1) is 22.4. The first-order chi connectivity index (χ1) is 15.9. The molecule has 0 fully saturated rings. The molecular weight excluding hydrogens is 460 g/mol. The van der Waals surface area contributed by atoms with Gasteiger partial charge in [-0.2, -0.15) is 0 Å². The van der Waals surface area contributed by atoms with Crippen LogP contribution in [0.4, 0.5) is 5.69 Å². The number of hydrogen-bond acceptors (Lipinski definition) is 7. The van der Waals surface area contributed by atoms with Crippen LogP contribution in [-0.2, 0) is 9.84 Å². The van der Waals surface area contributed by atoms with Crippen LogP contribution in [0, 0.1) is 10.1 Å². The molecule has 33 heavy (non-hydrogen) atoms. The van der Waals surface area contributed by atoms with E-state index in [-0.39, 0.29) is 16.1 Å². The van der Waals surface area contributed by atoms with Gasteiger partial charge in [-0.3, -0.25) is 19.9 Å². The number of carbonyl (C=O) groups is 1. The largest absolute Gasteiger partial charge is 0.281 e. The molecule has 4 rings (SSSR count). The van der Waals surface area contributed by atoms with E-state index in [1.165, 1.54) is 12.1 Å². The van der Waals surface area contributed by atoms with Crippen LogP contribution >= 0.6 is 11.8 Å². The summed E-state index contributed by atoms with van der Waals surface area (Å²) in [5.74, 6) is 0. The zero-order valence-electron chi connectivity index (χ0n) is 17.0. The maximum absolute atomic E-state index is 12.7. The standard InChI is InChI=1S/C24H16N2O5S2/c27-24(33(30,31)21-12-10-19(11-13-21)26(28)29)18-8-6-17(7-9-18)22-14-15-25-16-23(22)32-20-4-2-1-3-5-20/h1-16H. The highest BCUT2D eigenvalue weighted by atomic mass is 32.2. The molecular formula is C24H16N2O5S2. The summed E-state index contributed by atoms with van der Waals surface area (Å²) in [7, 11) is -4.34. The molecule has 0 amide bonds. The minimum Gasteiger partial charge on any atom is -0.276 e.